The monoisotopic (exact) mass is 375 g/mol. The first-order valence-electron chi connectivity index (χ1n) is 10.1. The van der Waals surface area contributed by atoms with Crippen molar-refractivity contribution in [3.63, 3.8) is 0 Å². The number of rotatable bonds is 6. The topological polar surface area (TPSA) is 45.3 Å². The van der Waals surface area contributed by atoms with Crippen LogP contribution >= 0.6 is 0 Å². The van der Waals surface area contributed by atoms with E-state index in [2.05, 4.69) is 16.8 Å². The second kappa shape index (κ2) is 8.93. The second-order valence-corrected chi connectivity index (χ2v) is 7.72. The van der Waals surface area contributed by atoms with E-state index in [1.54, 1.807) is 0 Å². The van der Waals surface area contributed by atoms with Crippen LogP contribution < -0.4 is 9.47 Å². The zero-order valence-corrected chi connectivity index (χ0v) is 16.9. The zero-order valence-electron chi connectivity index (χ0n) is 16.9. The van der Waals surface area contributed by atoms with Crippen LogP contribution in [0.5, 0.6) is 11.5 Å². The Morgan fingerprint density at radius 2 is 1.78 bits per heavy atom. The van der Waals surface area contributed by atoms with Gasteiger partial charge in [0.15, 0.2) is 11.5 Å². The molecule has 0 saturated carbocycles. The van der Waals surface area contributed by atoms with E-state index in [9.17, 15) is 4.79 Å². The third kappa shape index (κ3) is 4.74. The van der Waals surface area contributed by atoms with Crippen molar-refractivity contribution in [3.8, 4) is 11.5 Å². The van der Waals surface area contributed by atoms with E-state index in [0.29, 0.717) is 19.6 Å². The summed E-state index contributed by atoms with van der Waals surface area (Å²) in [6.45, 7) is 8.06. The summed E-state index contributed by atoms with van der Waals surface area (Å²) in [6, 6.07) is 7.85. The molecule has 1 atom stereocenters. The van der Waals surface area contributed by atoms with E-state index in [0.717, 1.165) is 57.1 Å². The first-order valence-corrected chi connectivity index (χ1v) is 10.1. The van der Waals surface area contributed by atoms with Gasteiger partial charge in [-0.1, -0.05) is 12.1 Å². The molecule has 6 nitrogen and oxygen atoms in total. The normalized spacial score (nSPS) is 24.9. The van der Waals surface area contributed by atoms with E-state index >= 15 is 0 Å². The standard InChI is InChI=1S/C21H33N3O3/c1-4-26-18-7-5-6-8-19(18)27-16-15-24-14-13-23(3)21(17-24)10-9-20(25)22(2)12-11-21/h5-8H,4,9-17H2,1-3H3. The molecule has 0 N–H and O–H groups in total. The van der Waals surface area contributed by atoms with Gasteiger partial charge in [-0.15, -0.1) is 0 Å². The molecule has 0 aromatic heterocycles. The lowest BCUT2D eigenvalue weighted by Gasteiger charge is -2.49. The fourth-order valence-corrected chi connectivity index (χ4v) is 4.16. The van der Waals surface area contributed by atoms with E-state index in [4.69, 9.17) is 9.47 Å². The zero-order chi connectivity index (χ0) is 19.3. The molecular formula is C21H33N3O3. The van der Waals surface area contributed by atoms with Crippen LogP contribution in [0.15, 0.2) is 24.3 Å². The fourth-order valence-electron chi connectivity index (χ4n) is 4.16. The molecule has 2 fully saturated rings. The van der Waals surface area contributed by atoms with Crippen LogP contribution in [-0.4, -0.2) is 86.2 Å². The van der Waals surface area contributed by atoms with Crippen molar-refractivity contribution >= 4 is 5.91 Å². The number of carbonyl (C=O) groups is 1. The highest BCUT2D eigenvalue weighted by atomic mass is 16.5. The quantitative estimate of drug-likeness (QED) is 0.762. The number of amides is 1. The molecule has 1 unspecified atom stereocenters. The summed E-state index contributed by atoms with van der Waals surface area (Å²) >= 11 is 0. The van der Waals surface area contributed by atoms with Gasteiger partial charge in [0.25, 0.3) is 0 Å². The Morgan fingerprint density at radius 3 is 2.52 bits per heavy atom. The van der Waals surface area contributed by atoms with Crippen LogP contribution in [0.3, 0.4) is 0 Å². The van der Waals surface area contributed by atoms with Gasteiger partial charge in [0.1, 0.15) is 6.61 Å². The highest BCUT2D eigenvalue weighted by molar-refractivity contribution is 5.76. The minimum atomic E-state index is 0.0991. The van der Waals surface area contributed by atoms with Crippen molar-refractivity contribution in [2.45, 2.75) is 31.7 Å². The summed E-state index contributed by atoms with van der Waals surface area (Å²) in [6.07, 6.45) is 2.63. The van der Waals surface area contributed by atoms with E-state index < -0.39 is 0 Å². The molecule has 3 rings (SSSR count). The van der Waals surface area contributed by atoms with Crippen molar-refractivity contribution in [2.24, 2.45) is 0 Å². The van der Waals surface area contributed by atoms with Crippen molar-refractivity contribution in [3.05, 3.63) is 24.3 Å². The first kappa shape index (κ1) is 20.0. The van der Waals surface area contributed by atoms with E-state index in [1.807, 2.05) is 43.1 Å². The third-order valence-electron chi connectivity index (χ3n) is 6.04. The van der Waals surface area contributed by atoms with E-state index in [-0.39, 0.29) is 11.4 Å². The molecule has 0 bridgehead atoms. The van der Waals surface area contributed by atoms with Crippen LogP contribution in [0.25, 0.3) is 0 Å². The Balaban J connectivity index is 1.56. The number of hydrogen-bond acceptors (Lipinski definition) is 5. The molecule has 1 aromatic carbocycles. The summed E-state index contributed by atoms with van der Waals surface area (Å²) in [5.74, 6) is 1.89. The van der Waals surface area contributed by atoms with Gasteiger partial charge >= 0.3 is 0 Å². The molecule has 2 aliphatic heterocycles. The van der Waals surface area contributed by atoms with Gasteiger partial charge in [0, 0.05) is 51.7 Å². The summed E-state index contributed by atoms with van der Waals surface area (Å²) in [5.41, 5.74) is 0.0991. The number of piperazine rings is 1. The maximum absolute atomic E-state index is 12.1. The number of hydrogen-bond donors (Lipinski definition) is 0. The Hall–Kier alpha value is -1.79. The molecule has 0 radical (unpaired) electrons. The summed E-state index contributed by atoms with van der Waals surface area (Å²) in [5, 5.41) is 0. The van der Waals surface area contributed by atoms with Crippen LogP contribution in [0.4, 0.5) is 0 Å². The average Bonchev–Trinajstić information content (AvgIpc) is 2.81. The van der Waals surface area contributed by atoms with Gasteiger partial charge in [-0.25, -0.2) is 0 Å². The number of benzene rings is 1. The summed E-state index contributed by atoms with van der Waals surface area (Å²) in [4.78, 5) is 18.9. The lowest BCUT2D eigenvalue weighted by Crippen LogP contribution is -2.61. The minimum absolute atomic E-state index is 0.0991. The molecular weight excluding hydrogens is 342 g/mol. The lowest BCUT2D eigenvalue weighted by atomic mass is 9.86. The van der Waals surface area contributed by atoms with Gasteiger partial charge < -0.3 is 14.4 Å². The number of likely N-dealkylation sites (N-methyl/N-ethyl adjacent to an activating group) is 1. The molecule has 1 aromatic rings. The van der Waals surface area contributed by atoms with Crippen molar-refractivity contribution in [1.29, 1.82) is 0 Å². The molecule has 0 aliphatic carbocycles. The molecule has 150 valence electrons. The van der Waals surface area contributed by atoms with Gasteiger partial charge in [0.05, 0.1) is 6.61 Å². The molecule has 27 heavy (non-hydrogen) atoms. The third-order valence-corrected chi connectivity index (χ3v) is 6.04. The molecule has 1 amide bonds. The largest absolute Gasteiger partial charge is 0.490 e. The van der Waals surface area contributed by atoms with Gasteiger partial charge in [-0.2, -0.15) is 0 Å². The maximum atomic E-state index is 12.1. The predicted molar refractivity (Wildman–Crippen MR) is 106 cm³/mol. The highest BCUT2D eigenvalue weighted by Crippen LogP contribution is 2.32. The Morgan fingerprint density at radius 1 is 1.04 bits per heavy atom. The van der Waals surface area contributed by atoms with Crippen molar-refractivity contribution in [1.82, 2.24) is 14.7 Å². The average molecular weight is 376 g/mol. The van der Waals surface area contributed by atoms with Crippen LogP contribution in [-0.2, 0) is 4.79 Å². The number of carbonyl (C=O) groups excluding carboxylic acids is 1. The van der Waals surface area contributed by atoms with Crippen molar-refractivity contribution < 1.29 is 14.3 Å². The first-order chi connectivity index (χ1) is 13.0. The van der Waals surface area contributed by atoms with Crippen molar-refractivity contribution in [2.75, 3.05) is 60.0 Å². The maximum Gasteiger partial charge on any atom is 0.222 e. The molecule has 2 aliphatic rings. The number of ether oxygens (including phenoxy) is 2. The molecule has 1 spiro atoms. The molecule has 2 heterocycles. The number of nitrogens with zero attached hydrogens (tertiary/aromatic N) is 3. The Labute approximate surface area is 163 Å². The summed E-state index contributed by atoms with van der Waals surface area (Å²) in [7, 11) is 4.13. The summed E-state index contributed by atoms with van der Waals surface area (Å²) < 4.78 is 11.6. The van der Waals surface area contributed by atoms with Crippen LogP contribution in [0.1, 0.15) is 26.2 Å². The fraction of sp³-hybridized carbons (Fsp3) is 0.667. The van der Waals surface area contributed by atoms with Gasteiger partial charge in [-0.3, -0.25) is 14.6 Å². The number of para-hydroxylation sites is 2. The van der Waals surface area contributed by atoms with Gasteiger partial charge in [-0.05, 0) is 38.9 Å². The molecule has 2 saturated heterocycles. The van der Waals surface area contributed by atoms with Crippen LogP contribution in [0, 0.1) is 0 Å². The predicted octanol–water partition coefficient (Wildman–Crippen LogP) is 2.09. The van der Waals surface area contributed by atoms with Crippen LogP contribution in [0.2, 0.25) is 0 Å². The Bertz CT molecular complexity index is 639. The van der Waals surface area contributed by atoms with E-state index in [1.165, 1.54) is 0 Å². The minimum Gasteiger partial charge on any atom is -0.490 e. The number of likely N-dealkylation sites (tertiary alicyclic amines) is 1. The Kier molecular flexibility index (Phi) is 6.60. The smallest absolute Gasteiger partial charge is 0.222 e. The second-order valence-electron chi connectivity index (χ2n) is 7.72. The molecule has 6 heteroatoms. The lowest BCUT2D eigenvalue weighted by molar-refractivity contribution is -0.129. The van der Waals surface area contributed by atoms with Gasteiger partial charge in [0.2, 0.25) is 5.91 Å². The highest BCUT2D eigenvalue weighted by Gasteiger charge is 2.41. The SMILES string of the molecule is CCOc1ccccc1OCCN1CCN(C)C2(CCC(=O)N(C)CC2)C1.